The third kappa shape index (κ3) is 1.63. The molecule has 5 nitrogen and oxygen atoms in total. The van der Waals surface area contributed by atoms with Crippen LogP contribution in [0, 0.1) is 11.3 Å². The van der Waals surface area contributed by atoms with Gasteiger partial charge in [0.1, 0.15) is 6.07 Å². The second kappa shape index (κ2) is 3.10. The van der Waals surface area contributed by atoms with Gasteiger partial charge in [-0.15, -0.1) is 0 Å². The fourth-order valence-corrected chi connectivity index (χ4v) is 3.28. The summed E-state index contributed by atoms with van der Waals surface area (Å²) in [5.41, 5.74) is 0.467. The van der Waals surface area contributed by atoms with Gasteiger partial charge in [0.25, 0.3) is 0 Å². The Morgan fingerprint density at radius 1 is 1.64 bits per heavy atom. The molecule has 1 aromatic heterocycles. The highest BCUT2D eigenvalue weighted by Crippen LogP contribution is 2.22. The molecule has 0 spiro atoms. The van der Waals surface area contributed by atoms with Crippen molar-refractivity contribution in [1.29, 1.82) is 5.26 Å². The van der Waals surface area contributed by atoms with Gasteiger partial charge >= 0.3 is 0 Å². The fourth-order valence-electron chi connectivity index (χ4n) is 1.58. The molecule has 1 atom stereocenters. The van der Waals surface area contributed by atoms with E-state index in [0.717, 1.165) is 0 Å². The number of hydrogen-bond acceptors (Lipinski definition) is 4. The summed E-state index contributed by atoms with van der Waals surface area (Å²) in [5, 5.41) is 12.5. The number of hydrogen-bond donors (Lipinski definition) is 0. The lowest BCUT2D eigenvalue weighted by Crippen LogP contribution is -2.11. The van der Waals surface area contributed by atoms with Gasteiger partial charge in [-0.3, -0.25) is 4.68 Å². The van der Waals surface area contributed by atoms with E-state index in [4.69, 9.17) is 5.26 Å². The maximum Gasteiger partial charge on any atom is 0.152 e. The molecule has 1 saturated heterocycles. The number of aromatic nitrogens is 2. The van der Waals surface area contributed by atoms with Crippen molar-refractivity contribution in [2.45, 2.75) is 12.5 Å². The van der Waals surface area contributed by atoms with Crippen LogP contribution in [0.25, 0.3) is 0 Å². The summed E-state index contributed by atoms with van der Waals surface area (Å²) in [5.74, 6) is 0.360. The minimum Gasteiger partial charge on any atom is -0.267 e. The molecule has 0 aromatic carbocycles. The van der Waals surface area contributed by atoms with Gasteiger partial charge in [-0.05, 0) is 6.42 Å². The number of nitrogens with zero attached hydrogens (tertiary/aromatic N) is 3. The number of nitriles is 1. The van der Waals surface area contributed by atoms with Crippen LogP contribution >= 0.6 is 0 Å². The Morgan fingerprint density at radius 2 is 2.43 bits per heavy atom. The van der Waals surface area contributed by atoms with Gasteiger partial charge in [0.15, 0.2) is 9.84 Å². The lowest BCUT2D eigenvalue weighted by atomic mass is 10.3. The van der Waals surface area contributed by atoms with E-state index in [-0.39, 0.29) is 17.5 Å². The predicted molar refractivity (Wildman–Crippen MR) is 49.2 cm³/mol. The lowest BCUT2D eigenvalue weighted by molar-refractivity contribution is 0.499. The molecule has 0 N–H and O–H groups in total. The van der Waals surface area contributed by atoms with Crippen LogP contribution in [0.2, 0.25) is 0 Å². The van der Waals surface area contributed by atoms with Crippen LogP contribution in [0.4, 0.5) is 0 Å². The van der Waals surface area contributed by atoms with E-state index in [2.05, 4.69) is 5.10 Å². The maximum atomic E-state index is 11.2. The van der Waals surface area contributed by atoms with Gasteiger partial charge in [0.2, 0.25) is 0 Å². The molecule has 1 aliphatic rings. The Balaban J connectivity index is 2.22. The first-order chi connectivity index (χ1) is 6.61. The second-order valence-electron chi connectivity index (χ2n) is 3.38. The van der Waals surface area contributed by atoms with Crippen LogP contribution in [0.15, 0.2) is 12.4 Å². The molecular weight excluding hydrogens is 202 g/mol. The van der Waals surface area contributed by atoms with Crippen molar-refractivity contribution >= 4 is 9.84 Å². The van der Waals surface area contributed by atoms with Crippen LogP contribution < -0.4 is 0 Å². The molecule has 14 heavy (non-hydrogen) atoms. The van der Waals surface area contributed by atoms with Gasteiger partial charge in [0, 0.05) is 6.20 Å². The van der Waals surface area contributed by atoms with Crippen molar-refractivity contribution in [3.63, 3.8) is 0 Å². The van der Waals surface area contributed by atoms with Crippen LogP contribution in [0.1, 0.15) is 18.0 Å². The molecule has 0 bridgehead atoms. The Bertz CT molecular complexity index is 483. The molecule has 0 aliphatic carbocycles. The average Bonchev–Trinajstić information content (AvgIpc) is 2.70. The zero-order valence-corrected chi connectivity index (χ0v) is 8.24. The van der Waals surface area contributed by atoms with Gasteiger partial charge in [0.05, 0.1) is 29.3 Å². The van der Waals surface area contributed by atoms with Gasteiger partial charge < -0.3 is 0 Å². The molecule has 6 heteroatoms. The average molecular weight is 211 g/mol. The van der Waals surface area contributed by atoms with E-state index in [1.165, 1.54) is 6.20 Å². The highest BCUT2D eigenvalue weighted by molar-refractivity contribution is 7.91. The van der Waals surface area contributed by atoms with Crippen molar-refractivity contribution in [3.8, 4) is 6.07 Å². The summed E-state index contributed by atoms with van der Waals surface area (Å²) in [6.07, 6.45) is 3.63. The summed E-state index contributed by atoms with van der Waals surface area (Å²) in [6, 6.07) is 1.86. The first-order valence-electron chi connectivity index (χ1n) is 4.25. The highest BCUT2D eigenvalue weighted by atomic mass is 32.2. The smallest absolute Gasteiger partial charge is 0.152 e. The van der Waals surface area contributed by atoms with Crippen LogP contribution in [-0.2, 0) is 9.84 Å². The first kappa shape index (κ1) is 9.21. The van der Waals surface area contributed by atoms with Crippen LogP contribution in [-0.4, -0.2) is 29.7 Å². The van der Waals surface area contributed by atoms with E-state index < -0.39 is 9.84 Å². The third-order valence-corrected chi connectivity index (χ3v) is 4.06. The number of rotatable bonds is 1. The van der Waals surface area contributed by atoms with Crippen molar-refractivity contribution in [2.75, 3.05) is 11.5 Å². The van der Waals surface area contributed by atoms with Gasteiger partial charge in [-0.25, -0.2) is 8.42 Å². The standard InChI is InChI=1S/C8H9N3O2S/c9-3-7-4-10-11(5-7)8-1-2-14(12,13)6-8/h4-5,8H,1-2,6H2. The highest BCUT2D eigenvalue weighted by Gasteiger charge is 2.29. The quantitative estimate of drug-likeness (QED) is 0.661. The minimum absolute atomic E-state index is 0.0953. The zero-order chi connectivity index (χ0) is 10.2. The molecule has 0 radical (unpaired) electrons. The second-order valence-corrected chi connectivity index (χ2v) is 5.61. The molecule has 1 unspecified atom stereocenters. The van der Waals surface area contributed by atoms with Crippen molar-refractivity contribution < 1.29 is 8.42 Å². The van der Waals surface area contributed by atoms with Gasteiger partial charge in [-0.2, -0.15) is 10.4 Å². The third-order valence-electron chi connectivity index (χ3n) is 2.31. The largest absolute Gasteiger partial charge is 0.267 e. The molecule has 1 fully saturated rings. The number of sulfone groups is 1. The predicted octanol–water partition coefficient (Wildman–Crippen LogP) is 0.114. The van der Waals surface area contributed by atoms with Gasteiger partial charge in [-0.1, -0.05) is 0 Å². The van der Waals surface area contributed by atoms with E-state index in [0.29, 0.717) is 12.0 Å². The Kier molecular flexibility index (Phi) is 2.04. The normalized spacial score (nSPS) is 24.6. The summed E-state index contributed by atoms with van der Waals surface area (Å²) in [6.45, 7) is 0. The SMILES string of the molecule is N#Cc1cnn(C2CCS(=O)(=O)C2)c1. The Morgan fingerprint density at radius 3 is 2.93 bits per heavy atom. The Hall–Kier alpha value is -1.35. The molecule has 0 amide bonds. The lowest BCUT2D eigenvalue weighted by Gasteiger charge is -2.06. The first-order valence-corrected chi connectivity index (χ1v) is 6.07. The van der Waals surface area contributed by atoms with E-state index >= 15 is 0 Å². The summed E-state index contributed by atoms with van der Waals surface area (Å²) in [4.78, 5) is 0. The monoisotopic (exact) mass is 211 g/mol. The molecular formula is C8H9N3O2S. The van der Waals surface area contributed by atoms with Crippen molar-refractivity contribution in [1.82, 2.24) is 9.78 Å². The van der Waals surface area contributed by atoms with Crippen molar-refractivity contribution in [3.05, 3.63) is 18.0 Å². The maximum absolute atomic E-state index is 11.2. The molecule has 1 aromatic rings. The summed E-state index contributed by atoms with van der Waals surface area (Å²) in [7, 11) is -2.88. The molecule has 2 heterocycles. The summed E-state index contributed by atoms with van der Waals surface area (Å²) < 4.78 is 23.9. The van der Waals surface area contributed by atoms with Crippen LogP contribution in [0.5, 0.6) is 0 Å². The molecule has 74 valence electrons. The fraction of sp³-hybridized carbons (Fsp3) is 0.500. The minimum atomic E-state index is -2.88. The zero-order valence-electron chi connectivity index (χ0n) is 7.42. The van der Waals surface area contributed by atoms with E-state index in [1.54, 1.807) is 10.9 Å². The molecule has 0 saturated carbocycles. The topological polar surface area (TPSA) is 75.8 Å². The molecule has 2 rings (SSSR count). The Labute approximate surface area is 81.9 Å². The van der Waals surface area contributed by atoms with Crippen LogP contribution in [0.3, 0.4) is 0 Å². The molecule has 1 aliphatic heterocycles. The van der Waals surface area contributed by atoms with E-state index in [1.807, 2.05) is 6.07 Å². The van der Waals surface area contributed by atoms with E-state index in [9.17, 15) is 8.42 Å². The summed E-state index contributed by atoms with van der Waals surface area (Å²) >= 11 is 0. The van der Waals surface area contributed by atoms with Crippen molar-refractivity contribution in [2.24, 2.45) is 0 Å².